The number of carbonyl (C=O) groups excluding carboxylic acids is 1. The van der Waals surface area contributed by atoms with Crippen LogP contribution in [0, 0.1) is 0 Å². The normalized spacial score (nSPS) is 15.1. The molecule has 0 heterocycles. The molecule has 0 spiro atoms. The first kappa shape index (κ1) is 46.4. The molecule has 278 valence electrons. The highest BCUT2D eigenvalue weighted by atomic mass is 31.2. The van der Waals surface area contributed by atoms with E-state index in [1.54, 1.807) is 0 Å². The number of hydrogen-bond acceptors (Lipinski definition) is 7. The molecule has 0 aromatic carbocycles. The molecule has 0 bridgehead atoms. The molecule has 0 aliphatic heterocycles. The van der Waals surface area contributed by atoms with Crippen molar-refractivity contribution < 1.29 is 37.3 Å². The van der Waals surface area contributed by atoms with Gasteiger partial charge in [0.1, 0.15) is 19.3 Å². The second-order valence-electron chi connectivity index (χ2n) is 12.5. The summed E-state index contributed by atoms with van der Waals surface area (Å²) in [5, 5.41) is 0. The standard InChI is InChI=1S/C40H66NO7P/c1-6-8-10-12-14-16-18-20-22-24-26-28-30-32-35-45-37-39(38-47-49(43,44)46-36-34-41(3,4)5)48-40(42)33-31-29-27-25-23-21-19-17-15-13-11-9-7-2/h8-11,14-17,20-23,26-29,39H,6-7,12-13,18-19,24-25,30-38H2,1-5H3/b10-8-,11-9-,16-14-,17-15-,22-20-,23-21-,28-26-,29-27-. The van der Waals surface area contributed by atoms with Crippen molar-refractivity contribution in [2.45, 2.75) is 97.0 Å². The predicted octanol–water partition coefficient (Wildman–Crippen LogP) is 9.29. The number of ether oxygens (including phenoxy) is 2. The Bertz CT molecular complexity index is 1100. The lowest BCUT2D eigenvalue weighted by molar-refractivity contribution is -0.870. The van der Waals surface area contributed by atoms with E-state index < -0.39 is 19.9 Å². The summed E-state index contributed by atoms with van der Waals surface area (Å²) in [5.41, 5.74) is 0. The lowest BCUT2D eigenvalue weighted by Gasteiger charge is -2.28. The van der Waals surface area contributed by atoms with Gasteiger partial charge < -0.3 is 27.9 Å². The summed E-state index contributed by atoms with van der Waals surface area (Å²) >= 11 is 0. The number of likely N-dealkylation sites (N-methyl/N-ethyl adjacent to an activating group) is 1. The number of allylic oxidation sites excluding steroid dienone is 16. The van der Waals surface area contributed by atoms with E-state index in [2.05, 4.69) is 98.9 Å². The van der Waals surface area contributed by atoms with Crippen molar-refractivity contribution in [3.05, 3.63) is 97.2 Å². The van der Waals surface area contributed by atoms with Gasteiger partial charge in [-0.1, -0.05) is 111 Å². The van der Waals surface area contributed by atoms with Gasteiger partial charge in [-0.2, -0.15) is 0 Å². The molecule has 0 saturated heterocycles. The Morgan fingerprint density at radius 2 is 1.08 bits per heavy atom. The van der Waals surface area contributed by atoms with E-state index in [9.17, 15) is 14.3 Å². The van der Waals surface area contributed by atoms with E-state index in [0.717, 1.165) is 64.2 Å². The topological polar surface area (TPSA) is 94.1 Å². The van der Waals surface area contributed by atoms with Crippen LogP contribution < -0.4 is 4.89 Å². The van der Waals surface area contributed by atoms with Crippen LogP contribution in [0.4, 0.5) is 0 Å². The third kappa shape index (κ3) is 36.5. The number of rotatable bonds is 31. The van der Waals surface area contributed by atoms with Crippen molar-refractivity contribution >= 4 is 13.8 Å². The summed E-state index contributed by atoms with van der Waals surface area (Å²) in [7, 11) is 1.26. The monoisotopic (exact) mass is 703 g/mol. The molecule has 2 unspecified atom stereocenters. The molecule has 0 N–H and O–H groups in total. The summed E-state index contributed by atoms with van der Waals surface area (Å²) in [6.07, 6.45) is 43.1. The van der Waals surface area contributed by atoms with Crippen molar-refractivity contribution in [1.29, 1.82) is 0 Å². The third-order valence-electron chi connectivity index (χ3n) is 6.64. The molecule has 0 aromatic heterocycles. The average molecular weight is 704 g/mol. The molecule has 0 aliphatic carbocycles. The highest BCUT2D eigenvalue weighted by Gasteiger charge is 2.20. The number of unbranched alkanes of at least 4 members (excludes halogenated alkanes) is 1. The summed E-state index contributed by atoms with van der Waals surface area (Å²) in [6, 6.07) is 0. The lowest BCUT2D eigenvalue weighted by atomic mass is 10.2. The van der Waals surface area contributed by atoms with Crippen LogP contribution in [0.3, 0.4) is 0 Å². The van der Waals surface area contributed by atoms with Crippen molar-refractivity contribution in [1.82, 2.24) is 0 Å². The molecule has 8 nitrogen and oxygen atoms in total. The van der Waals surface area contributed by atoms with Gasteiger partial charge in [-0.05, 0) is 70.6 Å². The smallest absolute Gasteiger partial charge is 0.306 e. The molecule has 0 amide bonds. The summed E-state index contributed by atoms with van der Waals surface area (Å²) in [4.78, 5) is 24.8. The third-order valence-corrected chi connectivity index (χ3v) is 7.61. The Morgan fingerprint density at radius 1 is 0.633 bits per heavy atom. The van der Waals surface area contributed by atoms with Crippen molar-refractivity contribution in [3.8, 4) is 0 Å². The molecular weight excluding hydrogens is 637 g/mol. The molecule has 0 saturated carbocycles. The van der Waals surface area contributed by atoms with Gasteiger partial charge in [0.2, 0.25) is 0 Å². The number of esters is 1. The predicted molar refractivity (Wildman–Crippen MR) is 203 cm³/mol. The zero-order chi connectivity index (χ0) is 36.3. The van der Waals surface area contributed by atoms with Crippen LogP contribution in [0.15, 0.2) is 97.2 Å². The maximum Gasteiger partial charge on any atom is 0.306 e. The lowest BCUT2D eigenvalue weighted by Crippen LogP contribution is -2.37. The van der Waals surface area contributed by atoms with Gasteiger partial charge in [-0.25, -0.2) is 0 Å². The number of quaternary nitrogens is 1. The van der Waals surface area contributed by atoms with Crippen LogP contribution in [0.2, 0.25) is 0 Å². The van der Waals surface area contributed by atoms with Crippen LogP contribution in [0.1, 0.15) is 90.9 Å². The summed E-state index contributed by atoms with van der Waals surface area (Å²) in [5.74, 6) is -0.439. The molecule has 0 aliphatic rings. The van der Waals surface area contributed by atoms with E-state index in [4.69, 9.17) is 18.5 Å². The van der Waals surface area contributed by atoms with Gasteiger partial charge in [0.15, 0.2) is 0 Å². The molecule has 0 fully saturated rings. The molecule has 0 aromatic rings. The first-order chi connectivity index (χ1) is 23.6. The minimum Gasteiger partial charge on any atom is -0.756 e. The van der Waals surface area contributed by atoms with Gasteiger partial charge in [-0.15, -0.1) is 0 Å². The van der Waals surface area contributed by atoms with E-state index in [0.29, 0.717) is 24.1 Å². The largest absolute Gasteiger partial charge is 0.756 e. The van der Waals surface area contributed by atoms with Gasteiger partial charge in [0.25, 0.3) is 7.82 Å². The minimum absolute atomic E-state index is 0.00258. The molecular formula is C40H66NO7P. The first-order valence-corrected chi connectivity index (χ1v) is 19.4. The fourth-order valence-corrected chi connectivity index (χ4v) is 4.64. The number of phosphoric ester groups is 1. The van der Waals surface area contributed by atoms with E-state index in [1.165, 1.54) is 0 Å². The molecule has 9 heteroatoms. The first-order valence-electron chi connectivity index (χ1n) is 18.0. The molecule has 0 rings (SSSR count). The number of phosphoric acid groups is 1. The highest BCUT2D eigenvalue weighted by molar-refractivity contribution is 7.45. The Labute approximate surface area is 298 Å². The van der Waals surface area contributed by atoms with Crippen LogP contribution >= 0.6 is 7.82 Å². The van der Waals surface area contributed by atoms with Gasteiger partial charge in [0, 0.05) is 13.0 Å². The van der Waals surface area contributed by atoms with Crippen molar-refractivity contribution in [3.63, 3.8) is 0 Å². The Balaban J connectivity index is 4.58. The average Bonchev–Trinajstić information content (AvgIpc) is 3.04. The minimum atomic E-state index is -4.56. The van der Waals surface area contributed by atoms with E-state index >= 15 is 0 Å². The Kier molecular flexibility index (Phi) is 30.9. The maximum absolute atomic E-state index is 12.5. The van der Waals surface area contributed by atoms with Crippen LogP contribution in [0.25, 0.3) is 0 Å². The zero-order valence-corrected chi connectivity index (χ0v) is 32.0. The fraction of sp³-hybridized carbons (Fsp3) is 0.575. The SMILES string of the molecule is CC/C=C\C/C=C\C/C=C\C/C=C\CCCOCC(COP(=O)([O-])OCC[N+](C)(C)C)OC(=O)CC/C=C\C/C=C\C/C=C\C/C=C\CC. The highest BCUT2D eigenvalue weighted by Crippen LogP contribution is 2.38. The Hall–Kier alpha value is -2.58. The maximum atomic E-state index is 12.5. The second-order valence-corrected chi connectivity index (χ2v) is 13.9. The van der Waals surface area contributed by atoms with Gasteiger partial charge in [0.05, 0.1) is 34.4 Å². The molecule has 0 radical (unpaired) electrons. The van der Waals surface area contributed by atoms with Crippen molar-refractivity contribution in [2.24, 2.45) is 0 Å². The molecule has 2 atom stereocenters. The van der Waals surface area contributed by atoms with Gasteiger partial charge >= 0.3 is 5.97 Å². The summed E-state index contributed by atoms with van der Waals surface area (Å²) < 4.78 is 34.2. The van der Waals surface area contributed by atoms with Crippen LogP contribution in [-0.4, -0.2) is 70.7 Å². The quantitative estimate of drug-likeness (QED) is 0.0234. The number of hydrogen-bond donors (Lipinski definition) is 0. The van der Waals surface area contributed by atoms with Gasteiger partial charge in [-0.3, -0.25) is 9.36 Å². The van der Waals surface area contributed by atoms with E-state index in [1.807, 2.05) is 33.3 Å². The Morgan fingerprint density at radius 3 is 1.55 bits per heavy atom. The summed E-state index contributed by atoms with van der Waals surface area (Å²) in [6.45, 7) is 4.86. The van der Waals surface area contributed by atoms with Crippen LogP contribution in [-0.2, 0) is 27.9 Å². The second kappa shape index (κ2) is 32.6. The van der Waals surface area contributed by atoms with Crippen molar-refractivity contribution in [2.75, 3.05) is 54.1 Å². The zero-order valence-electron chi connectivity index (χ0n) is 31.1. The van der Waals surface area contributed by atoms with E-state index in [-0.39, 0.29) is 26.2 Å². The fourth-order valence-electron chi connectivity index (χ4n) is 3.91. The van der Waals surface area contributed by atoms with Crippen LogP contribution in [0.5, 0.6) is 0 Å². The number of carbonyl (C=O) groups is 1. The molecule has 49 heavy (non-hydrogen) atoms. The number of nitrogens with zero attached hydrogens (tertiary/aromatic N) is 1.